The largest absolute Gasteiger partial charge is 0.416 e. The van der Waals surface area contributed by atoms with Crippen LogP contribution in [-0.2, 0) is 43.8 Å². The first kappa shape index (κ1) is 26.6. The molecule has 2 aromatic heterocycles. The van der Waals surface area contributed by atoms with Gasteiger partial charge in [-0.1, -0.05) is 6.07 Å². The number of aromatic nitrogens is 4. The molecule has 1 aromatic carbocycles. The summed E-state index contributed by atoms with van der Waals surface area (Å²) < 4.78 is 52.2. The number of thiophene rings is 1. The molecule has 194 valence electrons. The van der Waals surface area contributed by atoms with Gasteiger partial charge in [-0.3, -0.25) is 4.79 Å². The van der Waals surface area contributed by atoms with Crippen LogP contribution in [0, 0.1) is 6.92 Å². The average Bonchev–Trinajstić information content (AvgIpc) is 3.47. The van der Waals surface area contributed by atoms with E-state index in [9.17, 15) is 22.2 Å². The summed E-state index contributed by atoms with van der Waals surface area (Å²) in [5.74, 6) is 0.614. The lowest BCUT2D eigenvalue weighted by Gasteiger charge is -2.31. The summed E-state index contributed by atoms with van der Waals surface area (Å²) >= 11 is 6.22. The van der Waals surface area contributed by atoms with Crippen LogP contribution in [0.4, 0.5) is 13.2 Å². The lowest BCUT2D eigenvalue weighted by molar-refractivity contribution is -0.137. The molecule has 36 heavy (non-hydrogen) atoms. The second-order valence-electron chi connectivity index (χ2n) is 8.71. The van der Waals surface area contributed by atoms with Crippen LogP contribution in [0.1, 0.15) is 52.6 Å². The summed E-state index contributed by atoms with van der Waals surface area (Å²) in [7, 11) is -2.90. The molecule has 0 radical (unpaired) electrons. The molecule has 14 heteroatoms. The van der Waals surface area contributed by atoms with Gasteiger partial charge in [0.25, 0.3) is 0 Å². The van der Waals surface area contributed by atoms with Crippen LogP contribution in [-0.4, -0.2) is 48.3 Å². The van der Waals surface area contributed by atoms with E-state index in [0.29, 0.717) is 40.7 Å². The van der Waals surface area contributed by atoms with Gasteiger partial charge in [0, 0.05) is 35.6 Å². The average molecular weight is 559 g/mol. The molecule has 0 aliphatic carbocycles. The SMILES string of the molecule is Cc1nnn(Cc2cc(C(F)(F)F)ccc2CCC(=O)N2CCC(c3ccc(S(N)(=O)=S)s3)CC2)n1. The molecule has 1 saturated heterocycles. The Labute approximate surface area is 215 Å². The number of carbonyl (C=O) groups is 1. The summed E-state index contributed by atoms with van der Waals surface area (Å²) in [4.78, 5) is 17.0. The molecule has 0 spiro atoms. The minimum absolute atomic E-state index is 0.0297. The molecule has 3 aromatic rings. The van der Waals surface area contributed by atoms with Crippen molar-refractivity contribution in [2.45, 2.75) is 55.5 Å². The zero-order valence-electron chi connectivity index (χ0n) is 19.4. The molecule has 1 atom stereocenters. The fourth-order valence-electron chi connectivity index (χ4n) is 4.26. The smallest absolute Gasteiger partial charge is 0.343 e. The van der Waals surface area contributed by atoms with E-state index in [1.54, 1.807) is 17.9 Å². The number of benzene rings is 1. The molecule has 1 amide bonds. The van der Waals surface area contributed by atoms with Gasteiger partial charge in [0.05, 0.1) is 12.1 Å². The Kier molecular flexibility index (Phi) is 7.78. The minimum Gasteiger partial charge on any atom is -0.343 e. The van der Waals surface area contributed by atoms with E-state index in [1.165, 1.54) is 22.2 Å². The number of hydrogen-bond donors (Lipinski definition) is 1. The van der Waals surface area contributed by atoms with Crippen LogP contribution in [0.5, 0.6) is 0 Å². The fraction of sp³-hybridized carbons (Fsp3) is 0.455. The highest BCUT2D eigenvalue weighted by molar-refractivity contribution is 8.32. The van der Waals surface area contributed by atoms with Gasteiger partial charge in [-0.05, 0) is 72.7 Å². The van der Waals surface area contributed by atoms with Gasteiger partial charge in [-0.15, -0.1) is 21.5 Å². The second kappa shape index (κ2) is 10.5. The topological polar surface area (TPSA) is 107 Å². The number of aryl methyl sites for hydroxylation is 2. The predicted molar refractivity (Wildman–Crippen MR) is 132 cm³/mol. The Morgan fingerprint density at radius 3 is 2.53 bits per heavy atom. The summed E-state index contributed by atoms with van der Waals surface area (Å²) in [6.07, 6.45) is -2.47. The number of carbonyl (C=O) groups excluding carboxylic acids is 1. The number of tetrazole rings is 1. The highest BCUT2D eigenvalue weighted by atomic mass is 32.8. The van der Waals surface area contributed by atoms with E-state index in [2.05, 4.69) is 15.4 Å². The maximum absolute atomic E-state index is 13.3. The third kappa shape index (κ3) is 6.47. The molecule has 3 heterocycles. The van der Waals surface area contributed by atoms with Gasteiger partial charge in [-0.25, -0.2) is 9.35 Å². The minimum atomic E-state index is -4.48. The van der Waals surface area contributed by atoms with Crippen molar-refractivity contribution in [3.05, 3.63) is 57.7 Å². The summed E-state index contributed by atoms with van der Waals surface area (Å²) in [5.41, 5.74) is 0.284. The molecule has 0 bridgehead atoms. The van der Waals surface area contributed by atoms with Gasteiger partial charge >= 0.3 is 6.18 Å². The van der Waals surface area contributed by atoms with Gasteiger partial charge in [0.1, 0.15) is 12.9 Å². The van der Waals surface area contributed by atoms with Crippen molar-refractivity contribution in [1.29, 1.82) is 0 Å². The zero-order chi connectivity index (χ0) is 26.1. The molecular weight excluding hydrogens is 533 g/mol. The molecule has 1 aliphatic rings. The highest BCUT2D eigenvalue weighted by Crippen LogP contribution is 2.35. The first-order valence-electron chi connectivity index (χ1n) is 11.2. The quantitative estimate of drug-likeness (QED) is 0.476. The van der Waals surface area contributed by atoms with Gasteiger partial charge in [0.2, 0.25) is 5.91 Å². The Morgan fingerprint density at radius 2 is 1.94 bits per heavy atom. The molecule has 0 saturated carbocycles. The van der Waals surface area contributed by atoms with Gasteiger partial charge in [-0.2, -0.15) is 18.0 Å². The van der Waals surface area contributed by atoms with Crippen molar-refractivity contribution >= 4 is 37.1 Å². The third-order valence-electron chi connectivity index (χ3n) is 6.14. The third-order valence-corrected chi connectivity index (χ3v) is 9.73. The van der Waals surface area contributed by atoms with E-state index in [4.69, 9.17) is 16.3 Å². The lowest BCUT2D eigenvalue weighted by Crippen LogP contribution is -2.37. The second-order valence-corrected chi connectivity index (χ2v) is 13.1. The Morgan fingerprint density at radius 1 is 1.22 bits per heavy atom. The van der Waals surface area contributed by atoms with E-state index < -0.39 is 20.4 Å². The number of nitrogens with two attached hydrogens (primary N) is 1. The highest BCUT2D eigenvalue weighted by Gasteiger charge is 2.31. The lowest BCUT2D eigenvalue weighted by atomic mass is 9.94. The van der Waals surface area contributed by atoms with Crippen molar-refractivity contribution in [3.63, 3.8) is 0 Å². The number of likely N-dealkylation sites (tertiary alicyclic amines) is 1. The van der Waals surface area contributed by atoms with Crippen molar-refractivity contribution in [3.8, 4) is 0 Å². The van der Waals surface area contributed by atoms with Crippen LogP contribution < -0.4 is 5.14 Å². The maximum atomic E-state index is 13.3. The normalized spacial score (nSPS) is 16.8. The van der Waals surface area contributed by atoms with Crippen molar-refractivity contribution in [2.75, 3.05) is 13.1 Å². The number of amides is 1. The molecule has 1 unspecified atom stereocenters. The van der Waals surface area contributed by atoms with Crippen molar-refractivity contribution < 1.29 is 22.2 Å². The van der Waals surface area contributed by atoms with E-state index >= 15 is 0 Å². The number of rotatable bonds is 7. The van der Waals surface area contributed by atoms with Gasteiger partial charge < -0.3 is 4.90 Å². The van der Waals surface area contributed by atoms with Crippen molar-refractivity contribution in [2.24, 2.45) is 5.14 Å². The number of hydrogen-bond acceptors (Lipinski definition) is 7. The fourth-order valence-corrected chi connectivity index (χ4v) is 6.65. The Hall–Kier alpha value is -2.42. The van der Waals surface area contributed by atoms with Crippen LogP contribution in [0.15, 0.2) is 34.5 Å². The van der Waals surface area contributed by atoms with E-state index in [1.807, 2.05) is 6.07 Å². The summed E-state index contributed by atoms with van der Waals surface area (Å²) in [6, 6.07) is 7.15. The monoisotopic (exact) mass is 558 g/mol. The van der Waals surface area contributed by atoms with Crippen LogP contribution in [0.3, 0.4) is 0 Å². The summed E-state index contributed by atoms with van der Waals surface area (Å²) in [5, 5.41) is 17.2. The molecule has 1 fully saturated rings. The maximum Gasteiger partial charge on any atom is 0.416 e. The molecule has 4 rings (SSSR count). The number of nitrogens with zero attached hydrogens (tertiary/aromatic N) is 5. The van der Waals surface area contributed by atoms with Gasteiger partial charge in [0.15, 0.2) is 5.82 Å². The number of alkyl halides is 3. The van der Waals surface area contributed by atoms with E-state index in [0.717, 1.165) is 29.9 Å². The Bertz CT molecular complexity index is 1340. The van der Waals surface area contributed by atoms with Crippen LogP contribution in [0.2, 0.25) is 0 Å². The van der Waals surface area contributed by atoms with Crippen molar-refractivity contribution in [1.82, 2.24) is 25.1 Å². The van der Waals surface area contributed by atoms with Crippen LogP contribution >= 0.6 is 11.3 Å². The summed E-state index contributed by atoms with van der Waals surface area (Å²) in [6.45, 7) is 2.82. The first-order chi connectivity index (χ1) is 16.9. The number of piperidine rings is 1. The molecule has 2 N–H and O–H groups in total. The molecular formula is C22H25F3N6O2S3. The number of halogens is 3. The standard InChI is InChI=1S/C22H25F3N6O2S3/c1-14-27-29-31(28-14)13-17-12-18(22(23,24)25)4-2-15(17)3-6-20(32)30-10-8-16(9-11-30)19-5-7-21(35-19)36(26,33)34/h2,4-5,7,12,16H,3,6,8-11,13H2,1H3,(H2,26,33,34). The first-order valence-corrected chi connectivity index (χ1v) is 14.6. The Balaban J connectivity index is 1.38. The van der Waals surface area contributed by atoms with Crippen LogP contribution in [0.25, 0.3) is 0 Å². The van der Waals surface area contributed by atoms with E-state index in [-0.39, 0.29) is 24.8 Å². The zero-order valence-corrected chi connectivity index (χ0v) is 21.9. The molecule has 8 nitrogen and oxygen atoms in total. The molecule has 1 aliphatic heterocycles. The predicted octanol–water partition coefficient (Wildman–Crippen LogP) is 3.43.